The third-order valence-electron chi connectivity index (χ3n) is 0.753. The van der Waals surface area contributed by atoms with Gasteiger partial charge in [-0.3, -0.25) is 0 Å². The fourth-order valence-electron chi connectivity index (χ4n) is 0.420. The number of aromatic amines is 1. The quantitative estimate of drug-likeness (QED) is 0.491. The molecule has 0 aliphatic rings. The van der Waals surface area contributed by atoms with Crippen LogP contribution in [0.5, 0.6) is 0 Å². The first-order valence-electron chi connectivity index (χ1n) is 1.99. The van der Waals surface area contributed by atoms with Crippen LogP contribution in [0.4, 0.5) is 0 Å². The van der Waals surface area contributed by atoms with Crippen molar-refractivity contribution in [1.82, 2.24) is 4.98 Å². The fourth-order valence-corrected chi connectivity index (χ4v) is 0.420. The standard InChI is InChI=1S/C5H7N.H3P/c1-5-3-2-4-6-5;/h2-4,6H,1H3;1H3. The van der Waals surface area contributed by atoms with Gasteiger partial charge in [0.25, 0.3) is 0 Å². The molecule has 0 aromatic carbocycles. The van der Waals surface area contributed by atoms with E-state index in [-0.39, 0.29) is 9.90 Å². The molecule has 1 atom stereocenters. The van der Waals surface area contributed by atoms with E-state index < -0.39 is 0 Å². The summed E-state index contributed by atoms with van der Waals surface area (Å²) in [4.78, 5) is 3.00. The van der Waals surface area contributed by atoms with Crippen molar-refractivity contribution in [3.05, 3.63) is 24.0 Å². The van der Waals surface area contributed by atoms with E-state index >= 15 is 0 Å². The van der Waals surface area contributed by atoms with Crippen molar-refractivity contribution in [2.75, 3.05) is 0 Å². The summed E-state index contributed by atoms with van der Waals surface area (Å²) in [6.07, 6.45) is 1.91. The molecule has 0 amide bonds. The number of aryl methyl sites for hydroxylation is 1. The smallest absolute Gasteiger partial charge is 0.0115 e. The van der Waals surface area contributed by atoms with E-state index in [1.54, 1.807) is 0 Å². The van der Waals surface area contributed by atoms with Gasteiger partial charge in [-0.25, -0.2) is 0 Å². The largest absolute Gasteiger partial charge is 0.365 e. The Labute approximate surface area is 46.8 Å². The molecule has 1 nitrogen and oxygen atoms in total. The molecular weight excluding hydrogens is 105 g/mol. The first kappa shape index (κ1) is 6.71. The van der Waals surface area contributed by atoms with E-state index in [4.69, 9.17) is 0 Å². The van der Waals surface area contributed by atoms with Crippen LogP contribution in [0.25, 0.3) is 0 Å². The molecule has 0 bridgehead atoms. The molecule has 0 fully saturated rings. The number of H-pyrrole nitrogens is 1. The van der Waals surface area contributed by atoms with Crippen molar-refractivity contribution >= 4 is 9.90 Å². The van der Waals surface area contributed by atoms with Gasteiger partial charge in [-0.15, -0.1) is 0 Å². The van der Waals surface area contributed by atoms with Crippen molar-refractivity contribution in [2.45, 2.75) is 6.92 Å². The number of hydrogen-bond acceptors (Lipinski definition) is 0. The maximum atomic E-state index is 3.00. The SMILES string of the molecule is Cc1ccc[nH]1.P. The third kappa shape index (κ3) is 1.75. The number of nitrogens with one attached hydrogen (secondary N) is 1. The molecule has 0 radical (unpaired) electrons. The van der Waals surface area contributed by atoms with Gasteiger partial charge in [0.15, 0.2) is 0 Å². The van der Waals surface area contributed by atoms with Gasteiger partial charge in [-0.05, 0) is 19.1 Å². The highest BCUT2D eigenvalue weighted by molar-refractivity contribution is 6.92. The second-order valence-electron chi connectivity index (χ2n) is 1.35. The molecule has 1 aromatic heterocycles. The molecule has 0 saturated heterocycles. The Bertz CT molecular complexity index is 112. The van der Waals surface area contributed by atoms with Crippen LogP contribution in [0.1, 0.15) is 5.69 Å². The lowest BCUT2D eigenvalue weighted by molar-refractivity contribution is 1.27. The molecule has 40 valence electrons. The number of aromatic nitrogens is 1. The fraction of sp³-hybridized carbons (Fsp3) is 0.200. The van der Waals surface area contributed by atoms with Crippen LogP contribution in [-0.2, 0) is 0 Å². The predicted octanol–water partition coefficient (Wildman–Crippen LogP) is 1.38. The lowest BCUT2D eigenvalue weighted by Crippen LogP contribution is -1.59. The second-order valence-corrected chi connectivity index (χ2v) is 1.35. The minimum absolute atomic E-state index is 0. The molecular formula is C5H10NP. The van der Waals surface area contributed by atoms with E-state index in [0.29, 0.717) is 0 Å². The van der Waals surface area contributed by atoms with E-state index in [1.165, 1.54) is 5.69 Å². The Hall–Kier alpha value is -0.290. The molecule has 0 spiro atoms. The normalized spacial score (nSPS) is 7.57. The van der Waals surface area contributed by atoms with Crippen LogP contribution < -0.4 is 0 Å². The average Bonchev–Trinajstić information content (AvgIpc) is 1.86. The van der Waals surface area contributed by atoms with E-state index in [0.717, 1.165) is 0 Å². The first-order chi connectivity index (χ1) is 2.89. The minimum atomic E-state index is 0. The third-order valence-corrected chi connectivity index (χ3v) is 0.753. The highest BCUT2D eigenvalue weighted by Gasteiger charge is 1.72. The lowest BCUT2D eigenvalue weighted by atomic mass is 10.5. The Morgan fingerprint density at radius 1 is 1.57 bits per heavy atom. The molecule has 2 heteroatoms. The Balaban J connectivity index is 0.000000360. The monoisotopic (exact) mass is 115 g/mol. The Morgan fingerprint density at radius 2 is 2.29 bits per heavy atom. The van der Waals surface area contributed by atoms with Crippen LogP contribution in [0.3, 0.4) is 0 Å². The maximum absolute atomic E-state index is 3.00. The Kier molecular flexibility index (Phi) is 2.70. The van der Waals surface area contributed by atoms with Crippen molar-refractivity contribution in [2.24, 2.45) is 0 Å². The number of rotatable bonds is 0. The maximum Gasteiger partial charge on any atom is 0.0115 e. The molecule has 0 aliphatic heterocycles. The summed E-state index contributed by atoms with van der Waals surface area (Å²) >= 11 is 0. The first-order valence-corrected chi connectivity index (χ1v) is 1.99. The molecule has 0 saturated carbocycles. The van der Waals surface area contributed by atoms with Crippen LogP contribution in [0.15, 0.2) is 18.3 Å². The second kappa shape index (κ2) is 2.81. The van der Waals surface area contributed by atoms with Crippen molar-refractivity contribution in [1.29, 1.82) is 0 Å². The number of hydrogen-bond donors (Lipinski definition) is 1. The minimum Gasteiger partial charge on any atom is -0.365 e. The predicted molar refractivity (Wildman–Crippen MR) is 36.6 cm³/mol. The van der Waals surface area contributed by atoms with Crippen LogP contribution in [0.2, 0.25) is 0 Å². The zero-order chi connectivity index (χ0) is 4.41. The lowest BCUT2D eigenvalue weighted by Gasteiger charge is -1.70. The zero-order valence-corrected chi connectivity index (χ0v) is 5.85. The molecule has 0 aliphatic carbocycles. The van der Waals surface area contributed by atoms with Crippen molar-refractivity contribution < 1.29 is 0 Å². The Morgan fingerprint density at radius 3 is 2.43 bits per heavy atom. The van der Waals surface area contributed by atoms with Gasteiger partial charge >= 0.3 is 0 Å². The molecule has 1 heterocycles. The van der Waals surface area contributed by atoms with E-state index in [2.05, 4.69) is 4.98 Å². The van der Waals surface area contributed by atoms with Crippen molar-refractivity contribution in [3.8, 4) is 0 Å². The zero-order valence-electron chi connectivity index (χ0n) is 4.44. The van der Waals surface area contributed by atoms with E-state index in [9.17, 15) is 0 Å². The summed E-state index contributed by atoms with van der Waals surface area (Å²) in [5.41, 5.74) is 1.22. The van der Waals surface area contributed by atoms with Crippen LogP contribution in [0, 0.1) is 6.92 Å². The van der Waals surface area contributed by atoms with Crippen LogP contribution >= 0.6 is 9.90 Å². The average molecular weight is 115 g/mol. The van der Waals surface area contributed by atoms with E-state index in [1.807, 2.05) is 25.3 Å². The van der Waals surface area contributed by atoms with Gasteiger partial charge < -0.3 is 4.98 Å². The molecule has 1 unspecified atom stereocenters. The molecule has 1 N–H and O–H groups in total. The molecule has 1 aromatic rings. The molecule has 1 rings (SSSR count). The highest BCUT2D eigenvalue weighted by atomic mass is 31.0. The summed E-state index contributed by atoms with van der Waals surface area (Å²) in [5, 5.41) is 0. The summed E-state index contributed by atoms with van der Waals surface area (Å²) in [6, 6.07) is 4.01. The summed E-state index contributed by atoms with van der Waals surface area (Å²) in [7, 11) is 0. The highest BCUT2D eigenvalue weighted by Crippen LogP contribution is 1.86. The summed E-state index contributed by atoms with van der Waals surface area (Å²) in [6.45, 7) is 2.03. The van der Waals surface area contributed by atoms with Gasteiger partial charge in [0.2, 0.25) is 0 Å². The van der Waals surface area contributed by atoms with Gasteiger partial charge in [-0.2, -0.15) is 9.90 Å². The molecule has 7 heavy (non-hydrogen) atoms. The topological polar surface area (TPSA) is 15.8 Å². The summed E-state index contributed by atoms with van der Waals surface area (Å²) < 4.78 is 0. The van der Waals surface area contributed by atoms with Gasteiger partial charge in [0.05, 0.1) is 0 Å². The van der Waals surface area contributed by atoms with Gasteiger partial charge in [0, 0.05) is 11.9 Å². The van der Waals surface area contributed by atoms with Gasteiger partial charge in [-0.1, -0.05) is 0 Å². The van der Waals surface area contributed by atoms with Crippen LogP contribution in [-0.4, -0.2) is 4.98 Å². The summed E-state index contributed by atoms with van der Waals surface area (Å²) in [5.74, 6) is 0. The van der Waals surface area contributed by atoms with Crippen molar-refractivity contribution in [3.63, 3.8) is 0 Å². The van der Waals surface area contributed by atoms with Gasteiger partial charge in [0.1, 0.15) is 0 Å².